The second-order valence-corrected chi connectivity index (χ2v) is 1.36. The smallest absolute Gasteiger partial charge is 0.0735 e. The van der Waals surface area contributed by atoms with E-state index in [2.05, 4.69) is 0 Å². The molecular weight excluding hydrogens is 90.1 g/mol. The highest BCUT2D eigenvalue weighted by atomic mass is 16.3. The van der Waals surface area contributed by atoms with Crippen molar-refractivity contribution in [1.29, 1.82) is 0 Å². The molecule has 0 radical (unpaired) electrons. The van der Waals surface area contributed by atoms with Crippen molar-refractivity contribution in [2.75, 3.05) is 0 Å². The van der Waals surface area contributed by atoms with Crippen LogP contribution in [-0.2, 0) is 0 Å². The molecule has 0 saturated carbocycles. The lowest BCUT2D eigenvalue weighted by Gasteiger charge is -1.95. The van der Waals surface area contributed by atoms with Gasteiger partial charge in [-0.3, -0.25) is 0 Å². The Kier molecular flexibility index (Phi) is 3.42. The summed E-state index contributed by atoms with van der Waals surface area (Å²) < 4.78 is 0. The molecule has 0 amide bonds. The fourth-order valence-electron chi connectivity index (χ4n) is 0.264. The first-order chi connectivity index (χ1) is 3.31. The van der Waals surface area contributed by atoms with Crippen molar-refractivity contribution in [3.63, 3.8) is 0 Å². The first-order valence-electron chi connectivity index (χ1n) is 2.37. The quantitative estimate of drug-likeness (QED) is 0.523. The highest BCUT2D eigenvalue weighted by molar-refractivity contribution is 4.82. The normalized spacial score (nSPS) is 15.1. The van der Waals surface area contributed by atoms with E-state index in [0.717, 1.165) is 6.42 Å². The number of nitrogens with two attached hydrogens (primary N) is 1. The predicted molar refractivity (Wildman–Crippen MR) is 29.6 cm³/mol. The Balaban J connectivity index is 3.16. The van der Waals surface area contributed by atoms with Crippen LogP contribution < -0.4 is 5.73 Å². The Hall–Kier alpha value is -0.500. The molecule has 0 saturated heterocycles. The van der Waals surface area contributed by atoms with Gasteiger partial charge in [-0.2, -0.15) is 0 Å². The van der Waals surface area contributed by atoms with Crippen LogP contribution in [0.4, 0.5) is 0 Å². The van der Waals surface area contributed by atoms with E-state index in [-0.39, 0.29) is 6.10 Å². The Morgan fingerprint density at radius 1 is 1.86 bits per heavy atom. The molecule has 0 rings (SSSR count). The van der Waals surface area contributed by atoms with E-state index in [1.54, 1.807) is 6.08 Å². The maximum Gasteiger partial charge on any atom is 0.0735 e. The highest BCUT2D eigenvalue weighted by Gasteiger charge is 1.88. The van der Waals surface area contributed by atoms with E-state index in [1.165, 1.54) is 6.20 Å². The summed E-state index contributed by atoms with van der Waals surface area (Å²) in [5.41, 5.74) is 4.96. The summed E-state index contributed by atoms with van der Waals surface area (Å²) in [5, 5.41) is 8.69. The van der Waals surface area contributed by atoms with E-state index >= 15 is 0 Å². The van der Waals surface area contributed by atoms with Crippen LogP contribution in [0.2, 0.25) is 0 Å². The first-order valence-corrected chi connectivity index (χ1v) is 2.37. The molecule has 42 valence electrons. The van der Waals surface area contributed by atoms with Gasteiger partial charge in [0.1, 0.15) is 0 Å². The van der Waals surface area contributed by atoms with Crippen LogP contribution in [0.15, 0.2) is 12.3 Å². The number of aliphatic hydroxyl groups excluding tert-OH is 1. The van der Waals surface area contributed by atoms with Crippen molar-refractivity contribution < 1.29 is 5.11 Å². The molecule has 0 aromatic rings. The molecule has 1 atom stereocenters. The molecule has 2 heteroatoms. The number of aliphatic hydroxyl groups is 1. The van der Waals surface area contributed by atoms with Crippen molar-refractivity contribution in [3.05, 3.63) is 12.3 Å². The van der Waals surface area contributed by atoms with Crippen LogP contribution in [0.5, 0.6) is 0 Å². The fraction of sp³-hybridized carbons (Fsp3) is 0.600. The Labute approximate surface area is 43.6 Å². The molecule has 0 fully saturated rings. The molecule has 0 aromatic carbocycles. The van der Waals surface area contributed by atoms with Gasteiger partial charge in [0.05, 0.1) is 6.10 Å². The molecule has 0 aliphatic carbocycles. The Bertz CT molecular complexity index is 61.1. The van der Waals surface area contributed by atoms with Crippen LogP contribution in [0, 0.1) is 0 Å². The fourth-order valence-corrected chi connectivity index (χ4v) is 0.264. The minimum absolute atomic E-state index is 0.356. The topological polar surface area (TPSA) is 46.2 Å². The standard InChI is InChI=1S/C5H11NO/c1-2-5(7)3-4-6/h3-5,7H,2,6H2,1H3. The summed E-state index contributed by atoms with van der Waals surface area (Å²) in [6.45, 7) is 1.89. The summed E-state index contributed by atoms with van der Waals surface area (Å²) in [4.78, 5) is 0. The first kappa shape index (κ1) is 6.50. The molecule has 7 heavy (non-hydrogen) atoms. The van der Waals surface area contributed by atoms with Crippen molar-refractivity contribution in [3.8, 4) is 0 Å². The third-order valence-electron chi connectivity index (χ3n) is 0.752. The van der Waals surface area contributed by atoms with E-state index in [4.69, 9.17) is 10.8 Å². The zero-order chi connectivity index (χ0) is 5.70. The van der Waals surface area contributed by atoms with Gasteiger partial charge in [-0.25, -0.2) is 0 Å². The van der Waals surface area contributed by atoms with Crippen molar-refractivity contribution in [1.82, 2.24) is 0 Å². The van der Waals surface area contributed by atoms with Gasteiger partial charge in [-0.1, -0.05) is 6.92 Å². The maximum absolute atomic E-state index is 8.69. The third-order valence-corrected chi connectivity index (χ3v) is 0.752. The lowest BCUT2D eigenvalue weighted by atomic mass is 10.3. The Morgan fingerprint density at radius 3 is 2.57 bits per heavy atom. The van der Waals surface area contributed by atoms with E-state index in [9.17, 15) is 0 Å². The van der Waals surface area contributed by atoms with Gasteiger partial charge >= 0.3 is 0 Å². The molecule has 0 heterocycles. The summed E-state index contributed by atoms with van der Waals surface area (Å²) in [5.74, 6) is 0. The van der Waals surface area contributed by atoms with Gasteiger partial charge in [0, 0.05) is 0 Å². The van der Waals surface area contributed by atoms with Crippen LogP contribution in [-0.4, -0.2) is 11.2 Å². The number of hydrogen-bond acceptors (Lipinski definition) is 2. The number of hydrogen-bond donors (Lipinski definition) is 2. The van der Waals surface area contributed by atoms with Crippen molar-refractivity contribution >= 4 is 0 Å². The SMILES string of the molecule is CCC(O)C=CN. The van der Waals surface area contributed by atoms with E-state index < -0.39 is 0 Å². The van der Waals surface area contributed by atoms with Gasteiger partial charge in [-0.05, 0) is 18.7 Å². The minimum Gasteiger partial charge on any atom is -0.405 e. The van der Waals surface area contributed by atoms with Gasteiger partial charge in [0.15, 0.2) is 0 Å². The zero-order valence-electron chi connectivity index (χ0n) is 4.46. The molecule has 0 aliphatic rings. The summed E-state index contributed by atoms with van der Waals surface area (Å²) >= 11 is 0. The molecule has 0 aromatic heterocycles. The Morgan fingerprint density at radius 2 is 2.43 bits per heavy atom. The average molecular weight is 101 g/mol. The highest BCUT2D eigenvalue weighted by Crippen LogP contribution is 1.87. The molecular formula is C5H11NO. The number of rotatable bonds is 2. The molecule has 0 spiro atoms. The van der Waals surface area contributed by atoms with Gasteiger partial charge in [0.25, 0.3) is 0 Å². The summed E-state index contributed by atoms with van der Waals surface area (Å²) in [7, 11) is 0. The minimum atomic E-state index is -0.356. The second kappa shape index (κ2) is 3.68. The van der Waals surface area contributed by atoms with Crippen LogP contribution in [0.1, 0.15) is 13.3 Å². The predicted octanol–water partition coefficient (Wildman–Crippen LogP) is 0.230. The second-order valence-electron chi connectivity index (χ2n) is 1.36. The molecule has 3 N–H and O–H groups in total. The lowest BCUT2D eigenvalue weighted by molar-refractivity contribution is 0.219. The van der Waals surface area contributed by atoms with Gasteiger partial charge in [-0.15, -0.1) is 0 Å². The van der Waals surface area contributed by atoms with E-state index in [1.807, 2.05) is 6.92 Å². The molecule has 2 nitrogen and oxygen atoms in total. The maximum atomic E-state index is 8.69. The molecule has 0 aliphatic heterocycles. The van der Waals surface area contributed by atoms with Crippen LogP contribution >= 0.6 is 0 Å². The van der Waals surface area contributed by atoms with Crippen LogP contribution in [0.3, 0.4) is 0 Å². The third kappa shape index (κ3) is 3.33. The van der Waals surface area contributed by atoms with Crippen molar-refractivity contribution in [2.24, 2.45) is 5.73 Å². The van der Waals surface area contributed by atoms with Gasteiger partial charge in [0.2, 0.25) is 0 Å². The lowest BCUT2D eigenvalue weighted by Crippen LogP contribution is -1.99. The largest absolute Gasteiger partial charge is 0.405 e. The summed E-state index contributed by atoms with van der Waals surface area (Å²) in [6, 6.07) is 0. The average Bonchev–Trinajstić information content (AvgIpc) is 1.68. The molecule has 1 unspecified atom stereocenters. The van der Waals surface area contributed by atoms with Crippen molar-refractivity contribution in [2.45, 2.75) is 19.4 Å². The van der Waals surface area contributed by atoms with E-state index in [0.29, 0.717) is 0 Å². The monoisotopic (exact) mass is 101 g/mol. The summed E-state index contributed by atoms with van der Waals surface area (Å²) in [6.07, 6.45) is 3.28. The zero-order valence-corrected chi connectivity index (χ0v) is 4.46. The molecule has 0 bridgehead atoms. The van der Waals surface area contributed by atoms with Crippen LogP contribution in [0.25, 0.3) is 0 Å². The van der Waals surface area contributed by atoms with Gasteiger partial charge < -0.3 is 10.8 Å².